The summed E-state index contributed by atoms with van der Waals surface area (Å²) in [5.41, 5.74) is 1.17. The predicted octanol–water partition coefficient (Wildman–Crippen LogP) is 2.70. The number of halogens is 2. The summed E-state index contributed by atoms with van der Waals surface area (Å²) >= 11 is 11.9. The molecule has 1 heterocycles. The van der Waals surface area contributed by atoms with Gasteiger partial charge in [-0.2, -0.15) is 0 Å². The lowest BCUT2D eigenvalue weighted by atomic mass is 10.1. The molecule has 5 nitrogen and oxygen atoms in total. The van der Waals surface area contributed by atoms with Crippen molar-refractivity contribution in [2.45, 2.75) is 0 Å². The molecule has 0 aromatic heterocycles. The number of carbonyl (C=O) groups is 2. The molecule has 0 radical (unpaired) electrons. The van der Waals surface area contributed by atoms with Gasteiger partial charge in [0, 0.05) is 5.02 Å². The Bertz CT molecular complexity index is 901. The Hall–Kier alpha value is -2.63. The highest BCUT2D eigenvalue weighted by atomic mass is 35.5. The van der Waals surface area contributed by atoms with Gasteiger partial charge in [-0.15, -0.1) is 0 Å². The van der Waals surface area contributed by atoms with Crippen molar-refractivity contribution in [1.82, 2.24) is 0 Å². The highest BCUT2D eigenvalue weighted by Gasteiger charge is 2.25. The van der Waals surface area contributed by atoms with Crippen LogP contribution in [0.3, 0.4) is 0 Å². The standard InChI is InChI=1S/C17H9Cl2NO4/c18-11-5-6-12(13(19)8-11)15-20-14(17(23)24-15)7-9-1-3-10(4-2-9)16(21)22/h1-8H,(H,21,22)/p-1/b14-7-. The van der Waals surface area contributed by atoms with Crippen molar-refractivity contribution in [3.63, 3.8) is 0 Å². The summed E-state index contributed by atoms with van der Waals surface area (Å²) in [5, 5.41) is 11.5. The molecule has 0 atom stereocenters. The zero-order chi connectivity index (χ0) is 17.3. The van der Waals surface area contributed by atoms with E-state index >= 15 is 0 Å². The van der Waals surface area contributed by atoms with E-state index in [4.69, 9.17) is 27.9 Å². The van der Waals surface area contributed by atoms with Gasteiger partial charge >= 0.3 is 5.97 Å². The number of carboxylic acids is 1. The van der Waals surface area contributed by atoms with Crippen LogP contribution in [0.5, 0.6) is 0 Å². The number of ether oxygens (including phenoxy) is 1. The maximum Gasteiger partial charge on any atom is 0.363 e. The number of carboxylic acid groups (broad SMARTS) is 1. The van der Waals surface area contributed by atoms with Gasteiger partial charge in [0.2, 0.25) is 5.90 Å². The van der Waals surface area contributed by atoms with E-state index in [1.807, 2.05) is 0 Å². The second-order valence-corrected chi connectivity index (χ2v) is 5.71. The smallest absolute Gasteiger partial charge is 0.363 e. The van der Waals surface area contributed by atoms with Gasteiger partial charge in [0.1, 0.15) is 0 Å². The van der Waals surface area contributed by atoms with Gasteiger partial charge in [-0.3, -0.25) is 0 Å². The third-order valence-corrected chi connectivity index (χ3v) is 3.78. The van der Waals surface area contributed by atoms with E-state index in [0.29, 0.717) is 21.2 Å². The first-order valence-electron chi connectivity index (χ1n) is 6.73. The summed E-state index contributed by atoms with van der Waals surface area (Å²) in [5.74, 6) is -1.81. The molecular formula is C17H8Cl2NO4-. The maximum atomic E-state index is 11.9. The minimum atomic E-state index is -1.27. The molecule has 0 aliphatic carbocycles. The Morgan fingerprint density at radius 1 is 1.12 bits per heavy atom. The first kappa shape index (κ1) is 16.2. The molecule has 120 valence electrons. The monoisotopic (exact) mass is 360 g/mol. The minimum absolute atomic E-state index is 0.0447. The van der Waals surface area contributed by atoms with Gasteiger partial charge in [0.25, 0.3) is 0 Å². The molecule has 0 saturated heterocycles. The number of rotatable bonds is 3. The van der Waals surface area contributed by atoms with E-state index in [1.54, 1.807) is 12.1 Å². The number of aromatic carboxylic acids is 1. The number of carbonyl (C=O) groups excluding carboxylic acids is 2. The average Bonchev–Trinajstić information content (AvgIpc) is 2.88. The number of esters is 1. The molecule has 0 N–H and O–H groups in total. The van der Waals surface area contributed by atoms with Crippen LogP contribution in [0, 0.1) is 0 Å². The average molecular weight is 361 g/mol. The van der Waals surface area contributed by atoms with Gasteiger partial charge in [0.15, 0.2) is 5.70 Å². The Morgan fingerprint density at radius 3 is 2.46 bits per heavy atom. The van der Waals surface area contributed by atoms with Crippen molar-refractivity contribution in [3.8, 4) is 0 Å². The third kappa shape index (κ3) is 3.32. The molecule has 1 aliphatic heterocycles. The summed E-state index contributed by atoms with van der Waals surface area (Å²) in [7, 11) is 0. The van der Waals surface area contributed by atoms with Gasteiger partial charge in [-0.25, -0.2) is 9.79 Å². The number of aliphatic imine (C=N–C) groups is 1. The molecule has 0 saturated carbocycles. The van der Waals surface area contributed by atoms with Crippen LogP contribution in [0.1, 0.15) is 21.5 Å². The molecular weight excluding hydrogens is 353 g/mol. The number of benzene rings is 2. The molecule has 0 amide bonds. The molecule has 0 fully saturated rings. The molecule has 7 heteroatoms. The van der Waals surface area contributed by atoms with Crippen molar-refractivity contribution in [2.24, 2.45) is 4.99 Å². The van der Waals surface area contributed by atoms with Crippen LogP contribution in [-0.2, 0) is 9.53 Å². The van der Waals surface area contributed by atoms with Gasteiger partial charge < -0.3 is 14.6 Å². The predicted molar refractivity (Wildman–Crippen MR) is 87.8 cm³/mol. The lowest BCUT2D eigenvalue weighted by molar-refractivity contribution is -0.255. The molecule has 0 unspecified atom stereocenters. The van der Waals surface area contributed by atoms with E-state index in [9.17, 15) is 14.7 Å². The summed E-state index contributed by atoms with van der Waals surface area (Å²) < 4.78 is 5.13. The van der Waals surface area contributed by atoms with Crippen molar-refractivity contribution >= 4 is 47.1 Å². The molecule has 2 aromatic rings. The van der Waals surface area contributed by atoms with Gasteiger partial charge in [-0.1, -0.05) is 47.5 Å². The van der Waals surface area contributed by atoms with Crippen LogP contribution in [-0.4, -0.2) is 17.8 Å². The van der Waals surface area contributed by atoms with Crippen LogP contribution < -0.4 is 5.11 Å². The molecule has 24 heavy (non-hydrogen) atoms. The Kier molecular flexibility index (Phi) is 4.38. The van der Waals surface area contributed by atoms with Crippen molar-refractivity contribution in [1.29, 1.82) is 0 Å². The fraction of sp³-hybridized carbons (Fsp3) is 0. The lowest BCUT2D eigenvalue weighted by Gasteiger charge is -2.02. The molecule has 1 aliphatic rings. The summed E-state index contributed by atoms with van der Waals surface area (Å²) in [4.78, 5) is 26.8. The molecule has 2 aromatic carbocycles. The number of hydrogen-bond acceptors (Lipinski definition) is 5. The van der Waals surface area contributed by atoms with E-state index in [0.717, 1.165) is 0 Å². The summed E-state index contributed by atoms with van der Waals surface area (Å²) in [6, 6.07) is 10.6. The Labute approximate surface area is 146 Å². The minimum Gasteiger partial charge on any atom is -0.545 e. The van der Waals surface area contributed by atoms with Crippen LogP contribution in [0.4, 0.5) is 0 Å². The molecule has 0 bridgehead atoms. The van der Waals surface area contributed by atoms with Gasteiger partial charge in [-0.05, 0) is 35.4 Å². The maximum absolute atomic E-state index is 11.9. The number of hydrogen-bond donors (Lipinski definition) is 0. The van der Waals surface area contributed by atoms with Crippen molar-refractivity contribution in [2.75, 3.05) is 0 Å². The van der Waals surface area contributed by atoms with E-state index < -0.39 is 11.9 Å². The SMILES string of the molecule is O=C1OC(c2ccc(Cl)cc2Cl)=N/C1=C\c1ccc(C(=O)[O-])cc1. The van der Waals surface area contributed by atoms with E-state index in [2.05, 4.69) is 4.99 Å². The normalized spacial score (nSPS) is 15.3. The first-order valence-corrected chi connectivity index (χ1v) is 7.49. The zero-order valence-corrected chi connectivity index (χ0v) is 13.5. The quantitative estimate of drug-likeness (QED) is 0.622. The van der Waals surface area contributed by atoms with Crippen LogP contribution in [0.15, 0.2) is 53.2 Å². The topological polar surface area (TPSA) is 78.8 Å². The fourth-order valence-electron chi connectivity index (χ4n) is 2.06. The second kappa shape index (κ2) is 6.47. The summed E-state index contributed by atoms with van der Waals surface area (Å²) in [6.07, 6.45) is 1.48. The molecule has 3 rings (SSSR count). The van der Waals surface area contributed by atoms with E-state index in [-0.39, 0.29) is 17.2 Å². The fourth-order valence-corrected chi connectivity index (χ4v) is 2.55. The molecule has 0 spiro atoms. The Balaban J connectivity index is 1.92. The third-order valence-electron chi connectivity index (χ3n) is 3.23. The largest absolute Gasteiger partial charge is 0.545 e. The van der Waals surface area contributed by atoms with Crippen LogP contribution >= 0.6 is 23.2 Å². The zero-order valence-electron chi connectivity index (χ0n) is 12.0. The second-order valence-electron chi connectivity index (χ2n) is 4.87. The van der Waals surface area contributed by atoms with E-state index in [1.165, 1.54) is 36.4 Å². The lowest BCUT2D eigenvalue weighted by Crippen LogP contribution is -2.21. The van der Waals surface area contributed by atoms with Crippen LogP contribution in [0.25, 0.3) is 6.08 Å². The first-order chi connectivity index (χ1) is 11.4. The summed E-state index contributed by atoms with van der Waals surface area (Å²) in [6.45, 7) is 0. The Morgan fingerprint density at radius 2 is 1.83 bits per heavy atom. The highest BCUT2D eigenvalue weighted by Crippen LogP contribution is 2.26. The van der Waals surface area contributed by atoms with Gasteiger partial charge in [0.05, 0.1) is 16.6 Å². The number of cyclic esters (lactones) is 1. The van der Waals surface area contributed by atoms with Crippen molar-refractivity contribution < 1.29 is 19.4 Å². The number of nitrogens with zero attached hydrogens (tertiary/aromatic N) is 1. The highest BCUT2D eigenvalue weighted by molar-refractivity contribution is 6.37. The van der Waals surface area contributed by atoms with Crippen molar-refractivity contribution in [3.05, 3.63) is 74.9 Å². The van der Waals surface area contributed by atoms with Crippen LogP contribution in [0.2, 0.25) is 10.0 Å².